The third-order valence-electron chi connectivity index (χ3n) is 2.42. The van der Waals surface area contributed by atoms with E-state index in [2.05, 4.69) is 4.74 Å². The molecule has 0 saturated heterocycles. The summed E-state index contributed by atoms with van der Waals surface area (Å²) in [5.41, 5.74) is 0.493. The number of ether oxygens (including phenoxy) is 1. The largest absolute Gasteiger partial charge is 0.507 e. The summed E-state index contributed by atoms with van der Waals surface area (Å²) in [5, 5.41) is 10.2. The van der Waals surface area contributed by atoms with Crippen molar-refractivity contribution in [3.63, 3.8) is 0 Å². The van der Waals surface area contributed by atoms with Gasteiger partial charge in [-0.1, -0.05) is 23.4 Å². The highest BCUT2D eigenvalue weighted by atomic mass is 35.5. The number of esters is 1. The second kappa shape index (κ2) is 5.99. The average Bonchev–Trinajstić information content (AvgIpc) is 2.42. The summed E-state index contributed by atoms with van der Waals surface area (Å²) >= 11 is 7.16. The molecule has 1 N–H and O–H groups in total. The van der Waals surface area contributed by atoms with Crippen molar-refractivity contribution in [2.45, 2.75) is 9.79 Å². The lowest BCUT2D eigenvalue weighted by Crippen LogP contribution is -2.00. The molecule has 5 heteroatoms. The average molecular weight is 295 g/mol. The number of hydrogen-bond donors (Lipinski definition) is 1. The summed E-state index contributed by atoms with van der Waals surface area (Å²) in [5.74, 6) is -0.236. The predicted octanol–water partition coefficient (Wildman–Crippen LogP) is 3.98. The lowest BCUT2D eigenvalue weighted by molar-refractivity contribution is 0.0600. The van der Waals surface area contributed by atoms with Gasteiger partial charge in [0.15, 0.2) is 0 Å². The van der Waals surface area contributed by atoms with Crippen molar-refractivity contribution >= 4 is 29.3 Å². The lowest BCUT2D eigenvalue weighted by Gasteiger charge is -2.05. The quantitative estimate of drug-likeness (QED) is 0.870. The molecule has 0 aromatic heterocycles. The number of rotatable bonds is 3. The van der Waals surface area contributed by atoms with Gasteiger partial charge in [0, 0.05) is 9.92 Å². The van der Waals surface area contributed by atoms with E-state index < -0.39 is 0 Å². The maximum atomic E-state index is 11.3. The first kappa shape index (κ1) is 13.8. The topological polar surface area (TPSA) is 46.5 Å². The second-order valence-electron chi connectivity index (χ2n) is 3.73. The minimum absolute atomic E-state index is 0.134. The molecule has 0 aliphatic rings. The van der Waals surface area contributed by atoms with Gasteiger partial charge < -0.3 is 9.84 Å². The predicted molar refractivity (Wildman–Crippen MR) is 75.0 cm³/mol. The van der Waals surface area contributed by atoms with Gasteiger partial charge in [0.05, 0.1) is 17.6 Å². The SMILES string of the molecule is COC(=O)c1ccc(Sc2ccc(Cl)cc2O)cc1. The molecule has 0 bridgehead atoms. The minimum atomic E-state index is -0.370. The van der Waals surface area contributed by atoms with Crippen LogP contribution in [0.2, 0.25) is 5.02 Å². The number of aromatic hydroxyl groups is 1. The van der Waals surface area contributed by atoms with Gasteiger partial charge in [0.1, 0.15) is 5.75 Å². The second-order valence-corrected chi connectivity index (χ2v) is 5.28. The molecular weight excluding hydrogens is 284 g/mol. The molecule has 0 aliphatic heterocycles. The van der Waals surface area contributed by atoms with Gasteiger partial charge in [0.25, 0.3) is 0 Å². The Labute approximate surface area is 120 Å². The van der Waals surface area contributed by atoms with Crippen LogP contribution in [-0.4, -0.2) is 18.2 Å². The van der Waals surface area contributed by atoms with E-state index in [9.17, 15) is 9.90 Å². The first-order valence-electron chi connectivity index (χ1n) is 5.45. The molecule has 3 nitrogen and oxygen atoms in total. The molecule has 2 rings (SSSR count). The maximum Gasteiger partial charge on any atom is 0.337 e. The smallest absolute Gasteiger partial charge is 0.337 e. The number of phenols is 1. The van der Waals surface area contributed by atoms with E-state index in [0.29, 0.717) is 15.5 Å². The van der Waals surface area contributed by atoms with Crippen LogP contribution in [-0.2, 0) is 4.74 Å². The van der Waals surface area contributed by atoms with Crippen LogP contribution < -0.4 is 0 Å². The van der Waals surface area contributed by atoms with Gasteiger partial charge in [-0.25, -0.2) is 4.79 Å². The first-order chi connectivity index (χ1) is 9.10. The molecule has 0 atom stereocenters. The Kier molecular flexibility index (Phi) is 4.35. The number of halogens is 1. The number of hydrogen-bond acceptors (Lipinski definition) is 4. The number of carbonyl (C=O) groups is 1. The number of carbonyl (C=O) groups excluding carboxylic acids is 1. The molecular formula is C14H11ClO3S. The van der Waals surface area contributed by atoms with Crippen molar-refractivity contribution in [2.75, 3.05) is 7.11 Å². The van der Waals surface area contributed by atoms with Crippen LogP contribution in [0.25, 0.3) is 0 Å². The molecule has 0 heterocycles. The fourth-order valence-electron chi connectivity index (χ4n) is 1.48. The Morgan fingerprint density at radius 3 is 2.47 bits per heavy atom. The third-order valence-corrected chi connectivity index (χ3v) is 3.73. The highest BCUT2D eigenvalue weighted by Crippen LogP contribution is 2.35. The van der Waals surface area contributed by atoms with Gasteiger partial charge in [-0.3, -0.25) is 0 Å². The third kappa shape index (κ3) is 3.43. The van der Waals surface area contributed by atoms with Gasteiger partial charge >= 0.3 is 5.97 Å². The van der Waals surface area contributed by atoms with Gasteiger partial charge in [-0.15, -0.1) is 0 Å². The number of benzene rings is 2. The van der Waals surface area contributed by atoms with E-state index in [1.807, 2.05) is 0 Å². The summed E-state index contributed by atoms with van der Waals surface area (Å²) in [6, 6.07) is 11.9. The summed E-state index contributed by atoms with van der Waals surface area (Å²) < 4.78 is 4.63. The molecule has 0 fully saturated rings. The highest BCUT2D eigenvalue weighted by Gasteiger charge is 2.07. The van der Waals surface area contributed by atoms with Crippen molar-refractivity contribution < 1.29 is 14.6 Å². The Bertz CT molecular complexity index is 596. The van der Waals surface area contributed by atoms with Gasteiger partial charge in [-0.05, 0) is 42.5 Å². The van der Waals surface area contributed by atoms with Crippen LogP contribution in [0, 0.1) is 0 Å². The number of methoxy groups -OCH3 is 1. The molecule has 0 spiro atoms. The van der Waals surface area contributed by atoms with Crippen molar-refractivity contribution in [3.05, 3.63) is 53.1 Å². The highest BCUT2D eigenvalue weighted by molar-refractivity contribution is 7.99. The van der Waals surface area contributed by atoms with E-state index in [-0.39, 0.29) is 11.7 Å². The zero-order chi connectivity index (χ0) is 13.8. The standard InChI is InChI=1S/C14H11ClO3S/c1-18-14(17)9-2-5-11(6-3-9)19-13-7-4-10(15)8-12(13)16/h2-8,16H,1H3. The van der Waals surface area contributed by atoms with E-state index in [1.165, 1.54) is 24.9 Å². The summed E-state index contributed by atoms with van der Waals surface area (Å²) in [6.07, 6.45) is 0. The van der Waals surface area contributed by atoms with Crippen LogP contribution in [0.4, 0.5) is 0 Å². The van der Waals surface area contributed by atoms with Crippen molar-refractivity contribution in [3.8, 4) is 5.75 Å². The molecule has 98 valence electrons. The maximum absolute atomic E-state index is 11.3. The van der Waals surface area contributed by atoms with Crippen molar-refractivity contribution in [1.82, 2.24) is 0 Å². The summed E-state index contributed by atoms with van der Waals surface area (Å²) in [6.45, 7) is 0. The van der Waals surface area contributed by atoms with Gasteiger partial charge in [-0.2, -0.15) is 0 Å². The Morgan fingerprint density at radius 1 is 1.21 bits per heavy atom. The molecule has 2 aromatic rings. The van der Waals surface area contributed by atoms with Crippen LogP contribution in [0.15, 0.2) is 52.3 Å². The van der Waals surface area contributed by atoms with Gasteiger partial charge in [0.2, 0.25) is 0 Å². The van der Waals surface area contributed by atoms with Crippen molar-refractivity contribution in [2.24, 2.45) is 0 Å². The number of phenolic OH excluding ortho intramolecular Hbond substituents is 1. The first-order valence-corrected chi connectivity index (χ1v) is 6.64. The molecule has 0 unspecified atom stereocenters. The molecule has 19 heavy (non-hydrogen) atoms. The molecule has 0 aliphatic carbocycles. The van der Waals surface area contributed by atoms with Crippen LogP contribution in [0.1, 0.15) is 10.4 Å². The van der Waals surface area contributed by atoms with E-state index in [1.54, 1.807) is 36.4 Å². The molecule has 0 saturated carbocycles. The molecule has 0 radical (unpaired) electrons. The lowest BCUT2D eigenvalue weighted by atomic mass is 10.2. The Hall–Kier alpha value is -1.65. The van der Waals surface area contributed by atoms with Crippen LogP contribution in [0.5, 0.6) is 5.75 Å². The van der Waals surface area contributed by atoms with E-state index in [0.717, 1.165) is 4.90 Å². The molecule has 0 amide bonds. The van der Waals surface area contributed by atoms with Crippen molar-refractivity contribution in [1.29, 1.82) is 0 Å². The Balaban J connectivity index is 2.17. The van der Waals surface area contributed by atoms with Crippen LogP contribution >= 0.6 is 23.4 Å². The van der Waals surface area contributed by atoms with E-state index >= 15 is 0 Å². The normalized spacial score (nSPS) is 10.2. The fourth-order valence-corrected chi connectivity index (χ4v) is 2.47. The van der Waals surface area contributed by atoms with E-state index in [4.69, 9.17) is 11.6 Å². The summed E-state index contributed by atoms with van der Waals surface area (Å²) in [4.78, 5) is 12.9. The molecule has 2 aromatic carbocycles. The van der Waals surface area contributed by atoms with Crippen LogP contribution in [0.3, 0.4) is 0 Å². The fraction of sp³-hybridized carbons (Fsp3) is 0.0714. The summed E-state index contributed by atoms with van der Waals surface area (Å²) in [7, 11) is 1.34. The Morgan fingerprint density at radius 2 is 1.89 bits per heavy atom. The zero-order valence-corrected chi connectivity index (χ0v) is 11.7. The minimum Gasteiger partial charge on any atom is -0.507 e. The zero-order valence-electron chi connectivity index (χ0n) is 10.1. The monoisotopic (exact) mass is 294 g/mol.